The molecule has 1 aromatic heterocycles. The summed E-state index contributed by atoms with van der Waals surface area (Å²) < 4.78 is 0. The maximum absolute atomic E-state index is 13.4. The fraction of sp³-hybridized carbons (Fsp3) is 0.242. The van der Waals surface area contributed by atoms with E-state index in [0.717, 1.165) is 60.1 Å². The number of H-pyrrole nitrogens is 1. The van der Waals surface area contributed by atoms with Crippen LogP contribution in [-0.4, -0.2) is 51.2 Å². The van der Waals surface area contributed by atoms with Crippen LogP contribution < -0.4 is 15.5 Å². The number of rotatable bonds is 8. The number of nitro groups is 1. The molecule has 4 heterocycles. The van der Waals surface area contributed by atoms with Gasteiger partial charge in [-0.15, -0.1) is 0 Å². The van der Waals surface area contributed by atoms with Crippen molar-refractivity contribution in [3.05, 3.63) is 99.7 Å². The molecular formula is C33H31N7O4. The molecule has 0 aliphatic carbocycles. The van der Waals surface area contributed by atoms with Crippen LogP contribution in [0, 0.1) is 10.1 Å². The molecule has 44 heavy (non-hydrogen) atoms. The zero-order valence-corrected chi connectivity index (χ0v) is 24.0. The normalized spacial score (nSPS) is 17.2. The lowest BCUT2D eigenvalue weighted by atomic mass is 9.98. The van der Waals surface area contributed by atoms with E-state index in [1.165, 1.54) is 25.0 Å². The van der Waals surface area contributed by atoms with Gasteiger partial charge < -0.3 is 25.4 Å². The highest BCUT2D eigenvalue weighted by Crippen LogP contribution is 2.39. The lowest BCUT2D eigenvalue weighted by Gasteiger charge is -2.18. The van der Waals surface area contributed by atoms with Gasteiger partial charge in [0, 0.05) is 73.4 Å². The van der Waals surface area contributed by atoms with E-state index in [1.54, 1.807) is 6.07 Å². The summed E-state index contributed by atoms with van der Waals surface area (Å²) in [4.78, 5) is 48.8. The summed E-state index contributed by atoms with van der Waals surface area (Å²) in [6, 6.07) is 19.9. The fourth-order valence-electron chi connectivity index (χ4n) is 6.08. The lowest BCUT2D eigenvalue weighted by Crippen LogP contribution is -2.23. The molecule has 222 valence electrons. The highest BCUT2D eigenvalue weighted by atomic mass is 16.6. The van der Waals surface area contributed by atoms with Gasteiger partial charge in [-0.05, 0) is 48.6 Å². The number of carbonyl (C=O) groups excluding carboxylic acids is 2. The van der Waals surface area contributed by atoms with Crippen molar-refractivity contribution in [2.45, 2.75) is 32.2 Å². The number of anilines is 3. The van der Waals surface area contributed by atoms with Crippen molar-refractivity contribution in [1.82, 2.24) is 14.9 Å². The number of benzene rings is 3. The van der Waals surface area contributed by atoms with Crippen molar-refractivity contribution >= 4 is 46.1 Å². The summed E-state index contributed by atoms with van der Waals surface area (Å²) in [5.74, 6) is 0.687. The van der Waals surface area contributed by atoms with E-state index in [2.05, 4.69) is 20.5 Å². The van der Waals surface area contributed by atoms with Crippen LogP contribution in [0.2, 0.25) is 0 Å². The van der Waals surface area contributed by atoms with Gasteiger partial charge in [0.15, 0.2) is 0 Å². The van der Waals surface area contributed by atoms with E-state index >= 15 is 0 Å². The molecule has 0 saturated carbocycles. The number of nitrogens with zero attached hydrogens (tertiary/aromatic N) is 4. The number of hydrogen-bond donors (Lipinski definition) is 3. The summed E-state index contributed by atoms with van der Waals surface area (Å²) in [6.45, 7) is 3.29. The maximum atomic E-state index is 13.4. The van der Waals surface area contributed by atoms with Crippen LogP contribution in [-0.2, 0) is 16.1 Å². The predicted molar refractivity (Wildman–Crippen MR) is 169 cm³/mol. The first kappa shape index (κ1) is 27.4. The van der Waals surface area contributed by atoms with E-state index in [1.807, 2.05) is 59.6 Å². The zero-order chi connectivity index (χ0) is 30.2. The number of likely N-dealkylation sites (tertiary alicyclic amines) is 1. The molecule has 4 aromatic rings. The Labute approximate surface area is 253 Å². The number of hydrogen-bond acceptors (Lipinski definition) is 7. The molecule has 2 amide bonds. The third kappa shape index (κ3) is 5.28. The van der Waals surface area contributed by atoms with Gasteiger partial charge in [0.2, 0.25) is 11.9 Å². The molecule has 0 bridgehead atoms. The van der Waals surface area contributed by atoms with E-state index in [0.29, 0.717) is 35.5 Å². The summed E-state index contributed by atoms with van der Waals surface area (Å²) in [5, 5.41) is 17.9. The Kier molecular flexibility index (Phi) is 7.05. The first-order chi connectivity index (χ1) is 21.4. The molecule has 11 nitrogen and oxygen atoms in total. The number of aromatic amines is 1. The maximum Gasteiger partial charge on any atom is 0.270 e. The van der Waals surface area contributed by atoms with Crippen LogP contribution in [0.25, 0.3) is 22.5 Å². The average molecular weight is 590 g/mol. The number of nitrogens with one attached hydrogen (secondary N) is 3. The van der Waals surface area contributed by atoms with E-state index < -0.39 is 4.92 Å². The van der Waals surface area contributed by atoms with Gasteiger partial charge in [0.25, 0.3) is 11.6 Å². The Hall–Kier alpha value is -5.45. The smallest absolute Gasteiger partial charge is 0.270 e. The number of nitro benzene ring substituents is 1. The lowest BCUT2D eigenvalue weighted by molar-refractivity contribution is -0.384. The molecule has 3 aliphatic heterocycles. The van der Waals surface area contributed by atoms with Crippen LogP contribution in [0.3, 0.4) is 0 Å². The second kappa shape index (κ2) is 11.3. The number of non-ortho nitro benzene ring substituents is 1. The van der Waals surface area contributed by atoms with Gasteiger partial charge in [-0.1, -0.05) is 36.4 Å². The van der Waals surface area contributed by atoms with Crippen LogP contribution in [0.5, 0.6) is 0 Å². The third-order valence-electron chi connectivity index (χ3n) is 8.42. The average Bonchev–Trinajstić information content (AvgIpc) is 3.84. The molecule has 11 heteroatoms. The third-order valence-corrected chi connectivity index (χ3v) is 8.42. The van der Waals surface area contributed by atoms with Crippen molar-refractivity contribution < 1.29 is 14.5 Å². The minimum Gasteiger partial charge on any atom is -0.354 e. The number of aromatic nitrogens is 2. The molecule has 7 rings (SSSR count). The topological polar surface area (TPSA) is 136 Å². The van der Waals surface area contributed by atoms with Gasteiger partial charge in [-0.3, -0.25) is 19.7 Å². The highest BCUT2D eigenvalue weighted by molar-refractivity contribution is 6.37. The molecule has 0 atom stereocenters. The summed E-state index contributed by atoms with van der Waals surface area (Å²) in [7, 11) is 0. The van der Waals surface area contributed by atoms with Gasteiger partial charge >= 0.3 is 0 Å². The second-order valence-corrected chi connectivity index (χ2v) is 11.3. The summed E-state index contributed by atoms with van der Waals surface area (Å²) >= 11 is 0. The number of amides is 2. The fourth-order valence-corrected chi connectivity index (χ4v) is 6.08. The SMILES string of the molecule is O=C1Nc2ccc([N+](=O)[O-])cc2C1=C(Nc1ccc(-c2c[nH]c(N3CCCC3)n2)cc1)c1ccc(CN2CCCC2=O)cc1. The van der Waals surface area contributed by atoms with E-state index in [-0.39, 0.29) is 17.5 Å². The first-order valence-corrected chi connectivity index (χ1v) is 14.8. The van der Waals surface area contributed by atoms with Crippen LogP contribution in [0.4, 0.5) is 23.0 Å². The van der Waals surface area contributed by atoms with Crippen molar-refractivity contribution in [1.29, 1.82) is 0 Å². The van der Waals surface area contributed by atoms with Crippen LogP contribution >= 0.6 is 0 Å². The van der Waals surface area contributed by atoms with Gasteiger partial charge in [-0.25, -0.2) is 4.98 Å². The second-order valence-electron chi connectivity index (χ2n) is 11.3. The standard InChI is InChI=1S/C33H31N7O4/c41-29-4-3-17-39(29)20-21-5-7-23(8-6-21)31(30-26-18-25(40(43)44)13-14-27(26)36-32(30)42)35-24-11-9-22(10-12-24)28-19-34-33(37-28)38-15-1-2-16-38/h5-14,18-19,35H,1-4,15-17,20H2,(H,34,37)(H,36,42). The van der Waals surface area contributed by atoms with Crippen LogP contribution in [0.15, 0.2) is 72.9 Å². The van der Waals surface area contributed by atoms with Crippen molar-refractivity contribution in [3.8, 4) is 11.3 Å². The Morgan fingerprint density at radius 1 is 0.955 bits per heavy atom. The largest absolute Gasteiger partial charge is 0.354 e. The molecule has 0 radical (unpaired) electrons. The quantitative estimate of drug-likeness (QED) is 0.137. The van der Waals surface area contributed by atoms with Crippen molar-refractivity contribution in [2.75, 3.05) is 35.2 Å². The molecule has 2 saturated heterocycles. The van der Waals surface area contributed by atoms with E-state index in [4.69, 9.17) is 4.98 Å². The van der Waals surface area contributed by atoms with Crippen molar-refractivity contribution in [2.24, 2.45) is 0 Å². The molecule has 2 fully saturated rings. The molecule has 3 aliphatic rings. The van der Waals surface area contributed by atoms with Crippen LogP contribution in [0.1, 0.15) is 42.4 Å². The molecular weight excluding hydrogens is 558 g/mol. The number of carbonyl (C=O) groups is 2. The highest BCUT2D eigenvalue weighted by Gasteiger charge is 2.30. The number of fused-ring (bicyclic) bond motifs is 1. The Balaban J connectivity index is 1.22. The number of imidazole rings is 1. The Bertz CT molecular complexity index is 1790. The summed E-state index contributed by atoms with van der Waals surface area (Å²) in [6.07, 6.45) is 5.71. The predicted octanol–water partition coefficient (Wildman–Crippen LogP) is 5.64. The van der Waals surface area contributed by atoms with Gasteiger partial charge in [0.05, 0.1) is 21.9 Å². The minimum absolute atomic E-state index is 0.0978. The van der Waals surface area contributed by atoms with Crippen molar-refractivity contribution in [3.63, 3.8) is 0 Å². The molecule has 3 N–H and O–H groups in total. The molecule has 3 aromatic carbocycles. The van der Waals surface area contributed by atoms with E-state index in [9.17, 15) is 19.7 Å². The molecule has 0 spiro atoms. The molecule has 0 unspecified atom stereocenters. The zero-order valence-electron chi connectivity index (χ0n) is 24.0. The minimum atomic E-state index is -0.467. The van der Waals surface area contributed by atoms with Gasteiger partial charge in [-0.2, -0.15) is 0 Å². The Morgan fingerprint density at radius 3 is 2.43 bits per heavy atom. The monoisotopic (exact) mass is 589 g/mol. The van der Waals surface area contributed by atoms with Gasteiger partial charge in [0.1, 0.15) is 0 Å². The summed E-state index contributed by atoms with van der Waals surface area (Å²) in [5.41, 5.74) is 5.97. The Morgan fingerprint density at radius 2 is 1.73 bits per heavy atom. The first-order valence-electron chi connectivity index (χ1n) is 14.8.